The minimum atomic E-state index is 0.672. The highest BCUT2D eigenvalue weighted by Crippen LogP contribution is 2.24. The van der Waals surface area contributed by atoms with E-state index in [-0.39, 0.29) is 0 Å². The molecule has 2 nitrogen and oxygen atoms in total. The summed E-state index contributed by atoms with van der Waals surface area (Å²) in [5, 5.41) is 0. The Bertz CT molecular complexity index is 578. The normalized spacial score (nSPS) is 10.1. The zero-order valence-electron chi connectivity index (χ0n) is 12.5. The lowest BCUT2D eigenvalue weighted by Crippen LogP contribution is -1.96. The van der Waals surface area contributed by atoms with E-state index in [1.54, 1.807) is 0 Å². The highest BCUT2D eigenvalue weighted by molar-refractivity contribution is 5.66. The first-order chi connectivity index (χ1) is 10.3. The van der Waals surface area contributed by atoms with E-state index >= 15 is 0 Å². The molecule has 2 heteroatoms. The Morgan fingerprint density at radius 1 is 0.857 bits per heavy atom. The highest BCUT2D eigenvalue weighted by Gasteiger charge is 1.99. The first kappa shape index (κ1) is 15.1. The van der Waals surface area contributed by atoms with Gasteiger partial charge in [-0.2, -0.15) is 0 Å². The lowest BCUT2D eigenvalue weighted by molar-refractivity contribution is 0.305. The maximum atomic E-state index is 6.96. The Morgan fingerprint density at radius 3 is 2.05 bits per heavy atom. The maximum Gasteiger partial charge on any atom is 0.187 e. The van der Waals surface area contributed by atoms with E-state index in [9.17, 15) is 0 Å². The van der Waals surface area contributed by atoms with E-state index in [0.29, 0.717) is 5.69 Å². The third-order valence-corrected chi connectivity index (χ3v) is 3.45. The average molecular weight is 279 g/mol. The average Bonchev–Trinajstić information content (AvgIpc) is 2.55. The molecule has 0 spiro atoms. The summed E-state index contributed by atoms with van der Waals surface area (Å²) in [6, 6.07) is 15.8. The number of rotatable bonds is 7. The van der Waals surface area contributed by atoms with Crippen LogP contribution in [0.4, 0.5) is 5.69 Å². The fraction of sp³-hybridized carbons (Fsp3) is 0.316. The van der Waals surface area contributed by atoms with Crippen LogP contribution in [-0.4, -0.2) is 6.61 Å². The van der Waals surface area contributed by atoms with Gasteiger partial charge in [0.25, 0.3) is 0 Å². The van der Waals surface area contributed by atoms with E-state index in [0.717, 1.165) is 29.9 Å². The van der Waals surface area contributed by atoms with Gasteiger partial charge in [0.1, 0.15) is 5.75 Å². The first-order valence-corrected chi connectivity index (χ1v) is 7.54. The molecule has 108 valence electrons. The largest absolute Gasteiger partial charge is 0.494 e. The Balaban J connectivity index is 1.90. The number of unbranched alkanes of at least 4 members (excludes halogenated alkanes) is 3. The quantitative estimate of drug-likeness (QED) is 0.457. The van der Waals surface area contributed by atoms with Crippen molar-refractivity contribution < 1.29 is 4.74 Å². The van der Waals surface area contributed by atoms with E-state index in [1.165, 1.54) is 19.3 Å². The molecular weight excluding hydrogens is 258 g/mol. The second kappa shape index (κ2) is 8.11. The van der Waals surface area contributed by atoms with Crippen molar-refractivity contribution in [3.63, 3.8) is 0 Å². The second-order valence-electron chi connectivity index (χ2n) is 5.09. The standard InChI is InChI=1S/C19H21NO/c1-3-4-5-6-15-21-19-13-9-17(10-14-19)16-7-11-18(20-2)12-8-16/h7-14H,3-6,15H2,1H3. The van der Waals surface area contributed by atoms with E-state index in [4.69, 9.17) is 11.3 Å². The van der Waals surface area contributed by atoms with Gasteiger partial charge in [0.2, 0.25) is 0 Å². The lowest BCUT2D eigenvalue weighted by Gasteiger charge is -2.07. The molecule has 0 aliphatic carbocycles. The Morgan fingerprint density at radius 2 is 1.48 bits per heavy atom. The van der Waals surface area contributed by atoms with Gasteiger partial charge in [0, 0.05) is 0 Å². The molecule has 0 aliphatic rings. The van der Waals surface area contributed by atoms with Crippen LogP contribution in [0.1, 0.15) is 32.6 Å². The van der Waals surface area contributed by atoms with Crippen molar-refractivity contribution in [2.45, 2.75) is 32.6 Å². The Labute approximate surface area is 127 Å². The molecule has 0 unspecified atom stereocenters. The maximum absolute atomic E-state index is 6.96. The second-order valence-corrected chi connectivity index (χ2v) is 5.09. The summed E-state index contributed by atoms with van der Waals surface area (Å²) in [7, 11) is 0. The molecule has 0 saturated carbocycles. The van der Waals surface area contributed by atoms with Crippen LogP contribution in [0.15, 0.2) is 48.5 Å². The molecule has 2 aromatic rings. The van der Waals surface area contributed by atoms with Crippen LogP contribution in [0.3, 0.4) is 0 Å². The van der Waals surface area contributed by atoms with E-state index in [2.05, 4.69) is 23.9 Å². The molecule has 0 aromatic heterocycles. The molecule has 2 rings (SSSR count). The molecule has 0 atom stereocenters. The molecule has 0 bridgehead atoms. The van der Waals surface area contributed by atoms with Crippen molar-refractivity contribution in [2.75, 3.05) is 6.61 Å². The minimum Gasteiger partial charge on any atom is -0.494 e. The molecule has 0 saturated heterocycles. The van der Waals surface area contributed by atoms with Crippen LogP contribution in [0.5, 0.6) is 5.75 Å². The number of ether oxygens (including phenoxy) is 1. The summed E-state index contributed by atoms with van der Waals surface area (Å²) in [6.45, 7) is 9.97. The third-order valence-electron chi connectivity index (χ3n) is 3.45. The molecule has 0 radical (unpaired) electrons. The van der Waals surface area contributed by atoms with Gasteiger partial charge in [-0.15, -0.1) is 0 Å². The smallest absolute Gasteiger partial charge is 0.187 e. The van der Waals surface area contributed by atoms with Gasteiger partial charge in [-0.3, -0.25) is 0 Å². The van der Waals surface area contributed by atoms with Crippen molar-refractivity contribution in [1.82, 2.24) is 0 Å². The number of hydrogen-bond donors (Lipinski definition) is 0. The van der Waals surface area contributed by atoms with Crippen molar-refractivity contribution in [3.05, 3.63) is 59.9 Å². The van der Waals surface area contributed by atoms with Crippen LogP contribution in [0.25, 0.3) is 16.0 Å². The van der Waals surface area contributed by atoms with Crippen molar-refractivity contribution in [2.24, 2.45) is 0 Å². The van der Waals surface area contributed by atoms with Gasteiger partial charge >= 0.3 is 0 Å². The molecule has 0 fully saturated rings. The molecular formula is C19H21NO. The zero-order valence-corrected chi connectivity index (χ0v) is 12.5. The van der Waals surface area contributed by atoms with Crippen LogP contribution in [0, 0.1) is 6.57 Å². The SMILES string of the molecule is [C-]#[N+]c1ccc(-c2ccc(OCCCCCC)cc2)cc1. The van der Waals surface area contributed by atoms with Gasteiger partial charge in [-0.1, -0.05) is 62.6 Å². The summed E-state index contributed by atoms with van der Waals surface area (Å²) in [4.78, 5) is 3.40. The summed E-state index contributed by atoms with van der Waals surface area (Å²) < 4.78 is 5.74. The monoisotopic (exact) mass is 279 g/mol. The predicted molar refractivity (Wildman–Crippen MR) is 87.8 cm³/mol. The van der Waals surface area contributed by atoms with Gasteiger partial charge in [0.05, 0.1) is 13.2 Å². The fourth-order valence-electron chi connectivity index (χ4n) is 2.19. The van der Waals surface area contributed by atoms with Gasteiger partial charge in [-0.25, -0.2) is 4.85 Å². The van der Waals surface area contributed by atoms with Crippen molar-refractivity contribution in [1.29, 1.82) is 0 Å². The summed E-state index contributed by atoms with van der Waals surface area (Å²) >= 11 is 0. The Hall–Kier alpha value is -2.27. The summed E-state index contributed by atoms with van der Waals surface area (Å²) in [6.07, 6.45) is 4.89. The van der Waals surface area contributed by atoms with E-state index in [1.807, 2.05) is 36.4 Å². The molecule has 0 aliphatic heterocycles. The predicted octanol–water partition coefficient (Wildman–Crippen LogP) is 5.86. The molecule has 21 heavy (non-hydrogen) atoms. The van der Waals surface area contributed by atoms with E-state index < -0.39 is 0 Å². The van der Waals surface area contributed by atoms with Crippen LogP contribution < -0.4 is 4.74 Å². The van der Waals surface area contributed by atoms with Crippen molar-refractivity contribution in [3.8, 4) is 16.9 Å². The number of hydrogen-bond acceptors (Lipinski definition) is 1. The Kier molecular flexibility index (Phi) is 5.84. The van der Waals surface area contributed by atoms with Crippen LogP contribution >= 0.6 is 0 Å². The van der Waals surface area contributed by atoms with Gasteiger partial charge < -0.3 is 4.74 Å². The highest BCUT2D eigenvalue weighted by atomic mass is 16.5. The molecule has 2 aromatic carbocycles. The molecule has 0 amide bonds. The number of nitrogens with zero attached hydrogens (tertiary/aromatic N) is 1. The summed E-state index contributed by atoms with van der Waals surface area (Å²) in [5.41, 5.74) is 2.94. The van der Waals surface area contributed by atoms with Gasteiger partial charge in [-0.05, 0) is 29.7 Å². The fourth-order valence-corrected chi connectivity index (χ4v) is 2.19. The topological polar surface area (TPSA) is 13.6 Å². The zero-order chi connectivity index (χ0) is 14.9. The first-order valence-electron chi connectivity index (χ1n) is 7.54. The minimum absolute atomic E-state index is 0.672. The summed E-state index contributed by atoms with van der Waals surface area (Å²) in [5.74, 6) is 0.924. The lowest BCUT2D eigenvalue weighted by atomic mass is 10.1. The van der Waals surface area contributed by atoms with Crippen LogP contribution in [0.2, 0.25) is 0 Å². The van der Waals surface area contributed by atoms with Gasteiger partial charge in [0.15, 0.2) is 5.69 Å². The van der Waals surface area contributed by atoms with Crippen LogP contribution in [-0.2, 0) is 0 Å². The molecule has 0 N–H and O–H groups in total. The number of benzene rings is 2. The molecule has 0 heterocycles. The van der Waals surface area contributed by atoms with Crippen molar-refractivity contribution >= 4 is 5.69 Å². The third kappa shape index (κ3) is 4.65.